The fourth-order valence-electron chi connectivity index (χ4n) is 3.52. The highest BCUT2D eigenvalue weighted by Gasteiger charge is 2.35. The highest BCUT2D eigenvalue weighted by molar-refractivity contribution is 6.30. The van der Waals surface area contributed by atoms with Gasteiger partial charge in [0.05, 0.1) is 12.3 Å². The van der Waals surface area contributed by atoms with E-state index in [0.29, 0.717) is 35.3 Å². The van der Waals surface area contributed by atoms with Crippen LogP contribution in [0.2, 0.25) is 5.02 Å². The Kier molecular flexibility index (Phi) is 8.05. The van der Waals surface area contributed by atoms with Crippen molar-refractivity contribution in [3.63, 3.8) is 0 Å². The van der Waals surface area contributed by atoms with Crippen molar-refractivity contribution in [3.05, 3.63) is 94.4 Å². The summed E-state index contributed by atoms with van der Waals surface area (Å²) < 4.78 is 25.4. The Bertz CT molecular complexity index is 1360. The average molecular weight is 524 g/mol. The van der Waals surface area contributed by atoms with E-state index in [9.17, 15) is 18.8 Å². The van der Waals surface area contributed by atoms with E-state index in [1.54, 1.807) is 36.4 Å². The van der Waals surface area contributed by atoms with Gasteiger partial charge < -0.3 is 20.1 Å². The lowest BCUT2D eigenvalue weighted by molar-refractivity contribution is -0.127. The first-order valence-electron chi connectivity index (χ1n) is 11.4. The van der Waals surface area contributed by atoms with E-state index < -0.39 is 30.2 Å². The smallest absolute Gasteiger partial charge is 0.329 e. The third kappa shape index (κ3) is 6.45. The molecular weight excluding hydrogens is 501 g/mol. The zero-order valence-electron chi connectivity index (χ0n) is 19.8. The molecule has 0 saturated carbocycles. The molecule has 0 radical (unpaired) electrons. The minimum absolute atomic E-state index is 0.0130. The number of halogens is 2. The topological polar surface area (TPSA) is 97.0 Å². The second kappa shape index (κ2) is 11.6. The van der Waals surface area contributed by atoms with Crippen LogP contribution in [0.5, 0.6) is 11.5 Å². The van der Waals surface area contributed by atoms with Crippen LogP contribution in [0.25, 0.3) is 6.08 Å². The van der Waals surface area contributed by atoms with Gasteiger partial charge in [-0.15, -0.1) is 0 Å². The van der Waals surface area contributed by atoms with Crippen molar-refractivity contribution in [1.82, 2.24) is 10.2 Å². The Labute approximate surface area is 217 Å². The Morgan fingerprint density at radius 2 is 1.81 bits per heavy atom. The van der Waals surface area contributed by atoms with Crippen LogP contribution < -0.4 is 20.1 Å². The summed E-state index contributed by atoms with van der Waals surface area (Å²) >= 11 is 5.92. The van der Waals surface area contributed by atoms with Gasteiger partial charge in [0, 0.05) is 5.02 Å². The highest BCUT2D eigenvalue weighted by atomic mass is 35.5. The quantitative estimate of drug-likeness (QED) is 0.304. The molecule has 190 valence electrons. The van der Waals surface area contributed by atoms with Crippen LogP contribution in [0.4, 0.5) is 14.9 Å². The van der Waals surface area contributed by atoms with Crippen LogP contribution in [0.1, 0.15) is 18.1 Å². The molecular formula is C27H23ClFN3O5. The molecule has 1 saturated heterocycles. The lowest BCUT2D eigenvalue weighted by atomic mass is 10.1. The van der Waals surface area contributed by atoms with Gasteiger partial charge in [-0.2, -0.15) is 0 Å². The second-order valence-electron chi connectivity index (χ2n) is 7.96. The van der Waals surface area contributed by atoms with Gasteiger partial charge in [0.2, 0.25) is 5.91 Å². The summed E-state index contributed by atoms with van der Waals surface area (Å²) in [4.78, 5) is 38.2. The second-order valence-corrected chi connectivity index (χ2v) is 8.40. The molecule has 2 N–H and O–H groups in total. The summed E-state index contributed by atoms with van der Waals surface area (Å²) in [5, 5.41) is 5.45. The van der Waals surface area contributed by atoms with Crippen molar-refractivity contribution in [1.29, 1.82) is 0 Å². The number of hydrogen-bond acceptors (Lipinski definition) is 5. The number of rotatable bonds is 9. The maximum Gasteiger partial charge on any atom is 0.329 e. The van der Waals surface area contributed by atoms with E-state index >= 15 is 0 Å². The molecule has 1 heterocycles. The molecule has 0 aliphatic carbocycles. The SMILES string of the molecule is CCOc1cc(/C=C2/NC(=O)N(CC(=O)Nc3ccccc3F)C2=O)ccc1OCc1ccc(Cl)cc1. The minimum atomic E-state index is -0.757. The van der Waals surface area contributed by atoms with Crippen molar-refractivity contribution in [3.8, 4) is 11.5 Å². The largest absolute Gasteiger partial charge is 0.490 e. The van der Waals surface area contributed by atoms with Gasteiger partial charge in [0.1, 0.15) is 24.7 Å². The molecule has 4 amide bonds. The van der Waals surface area contributed by atoms with Gasteiger partial charge in [0.25, 0.3) is 5.91 Å². The summed E-state index contributed by atoms with van der Waals surface area (Å²) in [6.07, 6.45) is 1.47. The lowest BCUT2D eigenvalue weighted by Gasteiger charge is -2.13. The highest BCUT2D eigenvalue weighted by Crippen LogP contribution is 2.30. The van der Waals surface area contributed by atoms with Crippen molar-refractivity contribution in [2.24, 2.45) is 0 Å². The van der Waals surface area contributed by atoms with E-state index in [4.69, 9.17) is 21.1 Å². The molecule has 3 aromatic carbocycles. The predicted octanol–water partition coefficient (Wildman–Crippen LogP) is 4.99. The number of imide groups is 1. The van der Waals surface area contributed by atoms with Gasteiger partial charge in [-0.3, -0.25) is 9.59 Å². The molecule has 0 spiro atoms. The van der Waals surface area contributed by atoms with E-state index in [1.165, 1.54) is 24.3 Å². The third-order valence-corrected chi connectivity index (χ3v) is 5.55. The zero-order chi connectivity index (χ0) is 26.4. The third-order valence-electron chi connectivity index (χ3n) is 5.30. The Morgan fingerprint density at radius 1 is 1.05 bits per heavy atom. The zero-order valence-corrected chi connectivity index (χ0v) is 20.5. The molecule has 1 aliphatic rings. The molecule has 37 heavy (non-hydrogen) atoms. The molecule has 3 aromatic rings. The maximum absolute atomic E-state index is 13.8. The Hall–Kier alpha value is -4.37. The molecule has 0 aromatic heterocycles. The molecule has 1 aliphatic heterocycles. The molecule has 0 unspecified atom stereocenters. The van der Waals surface area contributed by atoms with E-state index in [2.05, 4.69) is 10.6 Å². The van der Waals surface area contributed by atoms with Crippen LogP contribution >= 0.6 is 11.6 Å². The van der Waals surface area contributed by atoms with Gasteiger partial charge >= 0.3 is 6.03 Å². The summed E-state index contributed by atoms with van der Waals surface area (Å²) in [6, 6.07) is 17.2. The number of hydrogen-bond donors (Lipinski definition) is 2. The number of nitrogens with one attached hydrogen (secondary N) is 2. The average Bonchev–Trinajstić information content (AvgIpc) is 3.13. The summed E-state index contributed by atoms with van der Waals surface area (Å²) in [5.74, 6) is -1.06. The number of nitrogens with zero attached hydrogens (tertiary/aromatic N) is 1. The fraction of sp³-hybridized carbons (Fsp3) is 0.148. The van der Waals surface area contributed by atoms with Gasteiger partial charge in [-0.25, -0.2) is 14.1 Å². The van der Waals surface area contributed by atoms with E-state index in [-0.39, 0.29) is 11.4 Å². The number of para-hydroxylation sites is 1. The van der Waals surface area contributed by atoms with Crippen molar-refractivity contribution < 1.29 is 28.2 Å². The molecule has 8 nitrogen and oxygen atoms in total. The summed E-state index contributed by atoms with van der Waals surface area (Å²) in [6.45, 7) is 1.95. The predicted molar refractivity (Wildman–Crippen MR) is 137 cm³/mol. The molecule has 0 bridgehead atoms. The summed E-state index contributed by atoms with van der Waals surface area (Å²) in [5.41, 5.74) is 1.44. The van der Waals surface area contributed by atoms with Gasteiger partial charge in [-0.1, -0.05) is 41.9 Å². The van der Waals surface area contributed by atoms with Gasteiger partial charge in [0.15, 0.2) is 11.5 Å². The van der Waals surface area contributed by atoms with Crippen LogP contribution in [-0.4, -0.2) is 35.9 Å². The number of urea groups is 1. The number of amides is 4. The molecule has 1 fully saturated rings. The van der Waals surface area contributed by atoms with Crippen molar-refractivity contribution in [2.75, 3.05) is 18.5 Å². The van der Waals surface area contributed by atoms with Crippen LogP contribution in [0.15, 0.2) is 72.4 Å². The molecule has 4 rings (SSSR count). The Morgan fingerprint density at radius 3 is 2.54 bits per heavy atom. The first kappa shape index (κ1) is 25.7. The Balaban J connectivity index is 1.45. The van der Waals surface area contributed by atoms with Crippen LogP contribution in [0, 0.1) is 5.82 Å². The molecule has 0 atom stereocenters. The summed E-state index contributed by atoms with van der Waals surface area (Å²) in [7, 11) is 0. The lowest BCUT2D eigenvalue weighted by Crippen LogP contribution is -2.38. The van der Waals surface area contributed by atoms with Gasteiger partial charge in [-0.05, 0) is 60.5 Å². The standard InChI is InChI=1S/C27H23ClFN3O5/c1-2-36-24-14-18(9-12-23(24)37-16-17-7-10-19(28)11-8-17)13-22-26(34)32(27(35)31-22)15-25(33)30-21-6-4-3-5-20(21)29/h3-14H,2,15-16H2,1H3,(H,30,33)(H,31,35)/b22-13+. The number of carbonyl (C=O) groups excluding carboxylic acids is 3. The molecule has 10 heteroatoms. The van der Waals surface area contributed by atoms with Crippen LogP contribution in [0.3, 0.4) is 0 Å². The van der Waals surface area contributed by atoms with Crippen molar-refractivity contribution in [2.45, 2.75) is 13.5 Å². The van der Waals surface area contributed by atoms with Crippen molar-refractivity contribution >= 4 is 41.2 Å². The number of anilines is 1. The number of ether oxygens (including phenoxy) is 2. The monoisotopic (exact) mass is 523 g/mol. The van der Waals surface area contributed by atoms with E-state index in [0.717, 1.165) is 10.5 Å². The number of carbonyl (C=O) groups is 3. The van der Waals surface area contributed by atoms with Crippen LogP contribution in [-0.2, 0) is 16.2 Å². The van der Waals surface area contributed by atoms with E-state index in [1.807, 2.05) is 19.1 Å². The first-order valence-corrected chi connectivity index (χ1v) is 11.7. The number of benzene rings is 3. The first-order chi connectivity index (χ1) is 17.8. The fourth-order valence-corrected chi connectivity index (χ4v) is 3.65. The normalized spacial score (nSPS) is 14.0. The minimum Gasteiger partial charge on any atom is -0.490 e. The maximum atomic E-state index is 13.8.